The smallest absolute Gasteiger partial charge is 0.282 e. The second kappa shape index (κ2) is 10.9. The van der Waals surface area contributed by atoms with Crippen LogP contribution in [0.25, 0.3) is 0 Å². The molecule has 2 aromatic carbocycles. The Bertz CT molecular complexity index is 828. The molecule has 3 atom stereocenters. The Morgan fingerprint density at radius 2 is 1.33 bits per heavy atom. The molecule has 4 N–H and O–H groups in total. The number of carbonyl (C=O) groups excluding carboxylic acids is 2. The number of hydrogen-bond acceptors (Lipinski definition) is 2. The summed E-state index contributed by atoms with van der Waals surface area (Å²) in [6.45, 7) is 12.2. The molecule has 0 aliphatic carbocycles. The number of carbonyl (C=O) groups is 2. The molecule has 0 bridgehead atoms. The number of nitrogens with one attached hydrogen (secondary N) is 2. The van der Waals surface area contributed by atoms with Crippen LogP contribution in [0.5, 0.6) is 0 Å². The number of benzene rings is 2. The fraction of sp³-hybridized carbons (Fsp3) is 0.440. The molecule has 2 aromatic rings. The molecule has 0 saturated heterocycles. The molecule has 2 rings (SSSR count). The van der Waals surface area contributed by atoms with Crippen molar-refractivity contribution < 1.29 is 14.9 Å². The maximum Gasteiger partial charge on any atom is 0.282 e. The number of rotatable bonds is 9. The molecule has 0 aliphatic heterocycles. The van der Waals surface area contributed by atoms with Gasteiger partial charge in [0.05, 0.1) is 0 Å². The Labute approximate surface area is 180 Å². The minimum Gasteiger partial charge on any atom is -0.330 e. The molecule has 5 nitrogen and oxygen atoms in total. The first kappa shape index (κ1) is 23.6. The topological polar surface area (TPSA) is 74.8 Å². The van der Waals surface area contributed by atoms with Crippen LogP contribution >= 0.6 is 0 Å². The van der Waals surface area contributed by atoms with Gasteiger partial charge in [-0.15, -0.1) is 0 Å². The highest BCUT2D eigenvalue weighted by Gasteiger charge is 2.26. The van der Waals surface area contributed by atoms with Gasteiger partial charge >= 0.3 is 0 Å². The summed E-state index contributed by atoms with van der Waals surface area (Å²) < 4.78 is 0. The fourth-order valence-corrected chi connectivity index (χ4v) is 3.50. The van der Waals surface area contributed by atoms with Crippen LogP contribution in [-0.2, 0) is 9.59 Å². The van der Waals surface area contributed by atoms with Gasteiger partial charge < -0.3 is 16.0 Å². The van der Waals surface area contributed by atoms with Gasteiger partial charge in [0.25, 0.3) is 5.91 Å². The lowest BCUT2D eigenvalue weighted by Gasteiger charge is -2.23. The second-order valence-corrected chi connectivity index (χ2v) is 8.47. The average Bonchev–Trinajstić information content (AvgIpc) is 2.72. The number of quaternary nitrogens is 1. The van der Waals surface area contributed by atoms with E-state index in [1.165, 1.54) is 18.1 Å². The SMILES string of the molecule is CC[C@H](C)c1ccc([C@H]([NH2+][C@@H](C)C(=O)Nc2ccc(NC(C)=O)cc2)C(C)C)cc1. The summed E-state index contributed by atoms with van der Waals surface area (Å²) in [6.07, 6.45) is 1.13. The van der Waals surface area contributed by atoms with Gasteiger partial charge in [0.15, 0.2) is 6.04 Å². The van der Waals surface area contributed by atoms with Gasteiger partial charge in [-0.3, -0.25) is 9.59 Å². The van der Waals surface area contributed by atoms with Crippen LogP contribution in [-0.4, -0.2) is 17.9 Å². The van der Waals surface area contributed by atoms with E-state index >= 15 is 0 Å². The highest BCUT2D eigenvalue weighted by molar-refractivity contribution is 5.94. The third-order valence-electron chi connectivity index (χ3n) is 5.60. The van der Waals surface area contributed by atoms with Crippen LogP contribution in [0.3, 0.4) is 0 Å². The number of amides is 2. The van der Waals surface area contributed by atoms with E-state index in [0.29, 0.717) is 23.2 Å². The average molecular weight is 411 g/mol. The molecule has 0 spiro atoms. The van der Waals surface area contributed by atoms with E-state index in [0.717, 1.165) is 6.42 Å². The van der Waals surface area contributed by atoms with Crippen molar-refractivity contribution >= 4 is 23.2 Å². The standard InChI is InChI=1S/C25H35N3O2/c1-7-17(4)20-8-10-21(11-9-20)24(16(2)3)26-18(5)25(30)28-23-14-12-22(13-15-23)27-19(6)29/h8-18,24,26H,7H2,1-6H3,(H,27,29)(H,28,30)/p+1/t17-,18-,24+/m0/s1. The molecule has 0 aliphatic rings. The van der Waals surface area contributed by atoms with Crippen molar-refractivity contribution in [2.45, 2.75) is 66.0 Å². The number of hydrogen-bond donors (Lipinski definition) is 3. The van der Waals surface area contributed by atoms with Crippen LogP contribution < -0.4 is 16.0 Å². The summed E-state index contributed by atoms with van der Waals surface area (Å²) in [7, 11) is 0. The van der Waals surface area contributed by atoms with Crippen molar-refractivity contribution in [3.05, 3.63) is 59.7 Å². The normalized spacial score (nSPS) is 14.1. The highest BCUT2D eigenvalue weighted by atomic mass is 16.2. The summed E-state index contributed by atoms with van der Waals surface area (Å²) in [5.41, 5.74) is 4.03. The molecule has 30 heavy (non-hydrogen) atoms. The van der Waals surface area contributed by atoms with Crippen LogP contribution in [0, 0.1) is 5.92 Å². The summed E-state index contributed by atoms with van der Waals surface area (Å²) in [4.78, 5) is 23.9. The zero-order valence-corrected chi connectivity index (χ0v) is 19.0. The summed E-state index contributed by atoms with van der Waals surface area (Å²) in [5, 5.41) is 7.83. The van der Waals surface area contributed by atoms with Gasteiger partial charge in [-0.25, -0.2) is 0 Å². The van der Waals surface area contributed by atoms with Crippen LogP contribution in [0.2, 0.25) is 0 Å². The molecular formula is C25H36N3O2+. The first-order valence-electron chi connectivity index (χ1n) is 10.8. The fourth-order valence-electron chi connectivity index (χ4n) is 3.50. The minimum absolute atomic E-state index is 0.0378. The molecule has 0 heterocycles. The molecule has 5 heteroatoms. The molecule has 0 unspecified atom stereocenters. The van der Waals surface area contributed by atoms with E-state index < -0.39 is 0 Å². The van der Waals surface area contributed by atoms with Gasteiger partial charge in [-0.05, 0) is 49.1 Å². The molecule has 2 amide bonds. The maximum atomic E-state index is 12.7. The van der Waals surface area contributed by atoms with Gasteiger partial charge in [-0.1, -0.05) is 52.0 Å². The quantitative estimate of drug-likeness (QED) is 0.571. The van der Waals surface area contributed by atoms with E-state index in [4.69, 9.17) is 0 Å². The first-order valence-corrected chi connectivity index (χ1v) is 10.8. The van der Waals surface area contributed by atoms with Crippen molar-refractivity contribution in [2.75, 3.05) is 10.6 Å². The molecule has 162 valence electrons. The molecule has 0 saturated carbocycles. The third kappa shape index (κ3) is 6.70. The Balaban J connectivity index is 2.02. The summed E-state index contributed by atoms with van der Waals surface area (Å²) in [5.74, 6) is 0.796. The Kier molecular flexibility index (Phi) is 8.60. The molecule has 0 fully saturated rings. The molecule has 0 radical (unpaired) electrons. The zero-order chi connectivity index (χ0) is 22.3. The van der Waals surface area contributed by atoms with Crippen molar-refractivity contribution in [3.8, 4) is 0 Å². The van der Waals surface area contributed by atoms with Gasteiger partial charge in [-0.2, -0.15) is 0 Å². The second-order valence-electron chi connectivity index (χ2n) is 8.47. The van der Waals surface area contributed by atoms with E-state index in [1.807, 2.05) is 6.92 Å². The lowest BCUT2D eigenvalue weighted by Crippen LogP contribution is -2.93. The van der Waals surface area contributed by atoms with Crippen LogP contribution in [0.1, 0.15) is 71.0 Å². The van der Waals surface area contributed by atoms with Crippen molar-refractivity contribution in [1.29, 1.82) is 0 Å². The van der Waals surface area contributed by atoms with Crippen molar-refractivity contribution in [1.82, 2.24) is 0 Å². The third-order valence-corrected chi connectivity index (χ3v) is 5.60. The Morgan fingerprint density at radius 3 is 1.80 bits per heavy atom. The molecule has 0 aromatic heterocycles. The highest BCUT2D eigenvalue weighted by Crippen LogP contribution is 2.23. The Morgan fingerprint density at radius 1 is 0.833 bits per heavy atom. The summed E-state index contributed by atoms with van der Waals surface area (Å²) in [6, 6.07) is 16.0. The van der Waals surface area contributed by atoms with Crippen molar-refractivity contribution in [3.63, 3.8) is 0 Å². The Hall–Kier alpha value is -2.66. The minimum atomic E-state index is -0.235. The van der Waals surface area contributed by atoms with Gasteiger partial charge in [0, 0.05) is 29.8 Å². The van der Waals surface area contributed by atoms with Gasteiger partial charge in [0.2, 0.25) is 5.91 Å². The van der Waals surface area contributed by atoms with E-state index in [9.17, 15) is 9.59 Å². The van der Waals surface area contributed by atoms with E-state index in [-0.39, 0.29) is 23.9 Å². The monoisotopic (exact) mass is 410 g/mol. The predicted octanol–water partition coefficient (Wildman–Crippen LogP) is 4.45. The van der Waals surface area contributed by atoms with Crippen LogP contribution in [0.4, 0.5) is 11.4 Å². The summed E-state index contributed by atoms with van der Waals surface area (Å²) >= 11 is 0. The molecular weight excluding hydrogens is 374 g/mol. The first-order chi connectivity index (χ1) is 14.2. The lowest BCUT2D eigenvalue weighted by molar-refractivity contribution is -0.718. The number of anilines is 2. The van der Waals surface area contributed by atoms with Gasteiger partial charge in [0.1, 0.15) is 6.04 Å². The van der Waals surface area contributed by atoms with E-state index in [1.54, 1.807) is 24.3 Å². The van der Waals surface area contributed by atoms with Crippen LogP contribution in [0.15, 0.2) is 48.5 Å². The largest absolute Gasteiger partial charge is 0.330 e. The van der Waals surface area contributed by atoms with E-state index in [2.05, 4.69) is 67.9 Å². The predicted molar refractivity (Wildman–Crippen MR) is 123 cm³/mol. The van der Waals surface area contributed by atoms with Crippen molar-refractivity contribution in [2.24, 2.45) is 5.92 Å². The maximum absolute atomic E-state index is 12.7. The lowest BCUT2D eigenvalue weighted by atomic mass is 9.91. The zero-order valence-electron chi connectivity index (χ0n) is 19.0. The number of nitrogens with two attached hydrogens (primary N) is 1.